The first-order valence-corrected chi connectivity index (χ1v) is 11.4. The van der Waals surface area contributed by atoms with Gasteiger partial charge in [0.15, 0.2) is 6.29 Å². The van der Waals surface area contributed by atoms with Crippen molar-refractivity contribution in [2.24, 2.45) is 0 Å². The second-order valence-corrected chi connectivity index (χ2v) is 8.18. The lowest BCUT2D eigenvalue weighted by atomic mass is 9.90. The Morgan fingerprint density at radius 3 is 2.40 bits per heavy atom. The molecule has 0 saturated carbocycles. The smallest absolute Gasteiger partial charge is 0.168 e. The van der Waals surface area contributed by atoms with Crippen LogP contribution in [0.25, 0.3) is 0 Å². The fourth-order valence-electron chi connectivity index (χ4n) is 3.85. The van der Waals surface area contributed by atoms with E-state index in [4.69, 9.17) is 24.8 Å². The summed E-state index contributed by atoms with van der Waals surface area (Å²) < 4.78 is 26.5. The van der Waals surface area contributed by atoms with Crippen LogP contribution in [0.3, 0.4) is 0 Å². The van der Waals surface area contributed by atoms with Crippen molar-refractivity contribution in [3.63, 3.8) is 0 Å². The molecule has 7 heteroatoms. The third-order valence-corrected chi connectivity index (χ3v) is 5.74. The van der Waals surface area contributed by atoms with Crippen LogP contribution in [0.1, 0.15) is 88.5 Å². The van der Waals surface area contributed by atoms with Gasteiger partial charge in [-0.15, -0.1) is 0 Å². The van der Waals surface area contributed by atoms with Crippen LogP contribution >= 0.6 is 0 Å². The number of nitrogens with two attached hydrogens (primary N) is 1. The Hall–Kier alpha value is -1.41. The summed E-state index contributed by atoms with van der Waals surface area (Å²) in [5.41, 5.74) is 0.365. The van der Waals surface area contributed by atoms with E-state index in [1.165, 1.54) is 4.68 Å². The van der Waals surface area contributed by atoms with Crippen LogP contribution in [0, 0.1) is 0 Å². The minimum Gasteiger partial charge on any atom is -0.379 e. The minimum atomic E-state index is -0.739. The van der Waals surface area contributed by atoms with Crippen LogP contribution in [-0.2, 0) is 18.9 Å². The summed E-state index contributed by atoms with van der Waals surface area (Å²) in [6, 6.07) is 3.54. The second kappa shape index (κ2) is 12.4. The van der Waals surface area contributed by atoms with Gasteiger partial charge in [-0.2, -0.15) is 0 Å². The number of aromatic nitrogens is 1. The summed E-state index contributed by atoms with van der Waals surface area (Å²) in [5, 5.41) is 0. The summed E-state index contributed by atoms with van der Waals surface area (Å²) in [7, 11) is 0. The van der Waals surface area contributed by atoms with Gasteiger partial charge in [0.05, 0.1) is 12.3 Å². The molecule has 1 fully saturated rings. The molecule has 2 heterocycles. The van der Waals surface area contributed by atoms with E-state index >= 15 is 0 Å². The highest BCUT2D eigenvalue weighted by atomic mass is 16.6. The van der Waals surface area contributed by atoms with Crippen LogP contribution in [0.15, 0.2) is 12.1 Å². The van der Waals surface area contributed by atoms with Gasteiger partial charge in [0.1, 0.15) is 29.6 Å². The second-order valence-electron chi connectivity index (χ2n) is 8.18. The Bertz CT molecular complexity index is 635. The van der Waals surface area contributed by atoms with E-state index in [0.717, 1.165) is 44.8 Å². The van der Waals surface area contributed by atoms with Crippen molar-refractivity contribution in [2.45, 2.75) is 90.1 Å². The Balaban J connectivity index is 2.31. The fraction of sp³-hybridized carbons (Fsp3) is 0.783. The zero-order valence-electron chi connectivity index (χ0n) is 19.1. The van der Waals surface area contributed by atoms with E-state index in [1.807, 2.05) is 13.0 Å². The summed E-state index contributed by atoms with van der Waals surface area (Å²) in [5.74, 6) is 6.20. The Morgan fingerprint density at radius 1 is 1.10 bits per heavy atom. The number of aldehydes is 1. The molecule has 0 aliphatic carbocycles. The molecule has 1 unspecified atom stereocenters. The van der Waals surface area contributed by atoms with E-state index < -0.39 is 11.7 Å². The lowest BCUT2D eigenvalue weighted by Gasteiger charge is -2.35. The first-order chi connectivity index (χ1) is 14.5. The average molecular weight is 425 g/mol. The molecular weight excluding hydrogens is 384 g/mol. The highest BCUT2D eigenvalue weighted by Gasteiger charge is 2.57. The fourth-order valence-corrected chi connectivity index (χ4v) is 3.85. The zero-order valence-corrected chi connectivity index (χ0v) is 19.1. The molecule has 0 amide bonds. The first-order valence-electron chi connectivity index (χ1n) is 11.4. The number of carbonyl (C=O) groups is 1. The number of hydrogen-bond donors (Lipinski definition) is 1. The summed E-state index contributed by atoms with van der Waals surface area (Å²) in [6.45, 7) is 10.8. The third kappa shape index (κ3) is 5.84. The van der Waals surface area contributed by atoms with E-state index in [0.29, 0.717) is 37.8 Å². The molecular formula is C23H40N2O5. The van der Waals surface area contributed by atoms with Gasteiger partial charge < -0.3 is 24.8 Å². The molecule has 0 spiro atoms. The van der Waals surface area contributed by atoms with Crippen molar-refractivity contribution < 1.29 is 23.7 Å². The molecule has 2 N–H and O–H groups in total. The third-order valence-electron chi connectivity index (χ3n) is 5.74. The van der Waals surface area contributed by atoms with Crippen molar-refractivity contribution in [2.75, 3.05) is 32.3 Å². The molecule has 30 heavy (non-hydrogen) atoms. The van der Waals surface area contributed by atoms with Crippen LogP contribution in [0.5, 0.6) is 0 Å². The highest BCUT2D eigenvalue weighted by Crippen LogP contribution is 2.46. The van der Waals surface area contributed by atoms with Gasteiger partial charge in [0.25, 0.3) is 0 Å². The summed E-state index contributed by atoms with van der Waals surface area (Å²) in [4.78, 5) is 11.3. The van der Waals surface area contributed by atoms with Gasteiger partial charge in [0, 0.05) is 19.8 Å². The molecule has 4 atom stereocenters. The van der Waals surface area contributed by atoms with Crippen LogP contribution in [-0.4, -0.2) is 55.2 Å². The van der Waals surface area contributed by atoms with Gasteiger partial charge in [-0.3, -0.25) is 9.47 Å². The molecule has 1 saturated heterocycles. The molecule has 0 aromatic carbocycles. The number of hydrogen-bond acceptors (Lipinski definition) is 6. The summed E-state index contributed by atoms with van der Waals surface area (Å²) in [6.07, 6.45) is 5.82. The molecule has 7 nitrogen and oxygen atoms in total. The molecule has 1 aliphatic heterocycles. The van der Waals surface area contributed by atoms with E-state index in [9.17, 15) is 4.79 Å². The van der Waals surface area contributed by atoms with Crippen LogP contribution in [0.2, 0.25) is 0 Å². The van der Waals surface area contributed by atoms with Crippen molar-refractivity contribution in [1.29, 1.82) is 0 Å². The number of carbonyl (C=O) groups excluding carboxylic acids is 1. The Morgan fingerprint density at radius 2 is 1.77 bits per heavy atom. The standard InChI is InChI=1S/C23H40N2O5/c1-5-8-13-27-17-20-22(28-14-9-6-2)23(4,29-15-10-7-3)21(30-20)19-12-11-18(16-26)25(19)24/h11-12,16,20-22H,5-10,13-15,17,24H2,1-4H3/t20?,21-,22+,23-/m0/s1. The van der Waals surface area contributed by atoms with Crippen molar-refractivity contribution in [1.82, 2.24) is 4.68 Å². The molecule has 0 radical (unpaired) electrons. The number of nitrogens with zero attached hydrogens (tertiary/aromatic N) is 1. The van der Waals surface area contributed by atoms with Crippen molar-refractivity contribution in [3.8, 4) is 0 Å². The predicted octanol–water partition coefficient (Wildman–Crippen LogP) is 4.03. The van der Waals surface area contributed by atoms with Crippen molar-refractivity contribution in [3.05, 3.63) is 23.5 Å². The minimum absolute atomic E-state index is 0.273. The Labute approximate surface area is 181 Å². The van der Waals surface area contributed by atoms with E-state index in [1.54, 1.807) is 6.07 Å². The van der Waals surface area contributed by atoms with E-state index in [2.05, 4.69) is 20.8 Å². The largest absolute Gasteiger partial charge is 0.379 e. The number of nitrogen functional groups attached to an aromatic ring is 1. The maximum absolute atomic E-state index is 11.3. The normalized spacial score (nSPS) is 26.3. The number of ether oxygens (including phenoxy) is 4. The maximum atomic E-state index is 11.3. The Kier molecular flexibility index (Phi) is 10.3. The molecule has 0 bridgehead atoms. The highest BCUT2D eigenvalue weighted by molar-refractivity contribution is 5.72. The molecule has 1 aromatic rings. The summed E-state index contributed by atoms with van der Waals surface area (Å²) >= 11 is 0. The molecule has 1 aromatic heterocycles. The lowest BCUT2D eigenvalue weighted by Crippen LogP contribution is -2.48. The van der Waals surface area contributed by atoms with Gasteiger partial charge >= 0.3 is 0 Å². The van der Waals surface area contributed by atoms with Crippen LogP contribution in [0.4, 0.5) is 0 Å². The van der Waals surface area contributed by atoms with Crippen molar-refractivity contribution >= 4 is 6.29 Å². The first kappa shape index (κ1) is 24.9. The van der Waals surface area contributed by atoms with Gasteiger partial charge in [-0.25, -0.2) is 0 Å². The van der Waals surface area contributed by atoms with E-state index in [-0.39, 0.29) is 12.2 Å². The quantitative estimate of drug-likeness (QED) is 0.260. The number of unbranched alkanes of at least 4 members (excludes halogenated alkanes) is 3. The van der Waals surface area contributed by atoms with Gasteiger partial charge in [0.2, 0.25) is 0 Å². The number of rotatable bonds is 15. The predicted molar refractivity (Wildman–Crippen MR) is 117 cm³/mol. The maximum Gasteiger partial charge on any atom is 0.168 e. The zero-order chi connectivity index (χ0) is 22.0. The molecule has 2 rings (SSSR count). The van der Waals surface area contributed by atoms with Gasteiger partial charge in [-0.1, -0.05) is 40.0 Å². The SMILES string of the molecule is CCCCOCC1O[C@@H](c2ccc(C=O)n2N)[C@](C)(OCCCC)[C@@H]1OCCCC. The molecule has 172 valence electrons. The average Bonchev–Trinajstić information content (AvgIpc) is 3.23. The monoisotopic (exact) mass is 424 g/mol. The topological polar surface area (TPSA) is 84.9 Å². The van der Waals surface area contributed by atoms with Crippen LogP contribution < -0.4 is 5.84 Å². The lowest BCUT2D eigenvalue weighted by molar-refractivity contribution is -0.138. The van der Waals surface area contributed by atoms with Gasteiger partial charge in [-0.05, 0) is 38.3 Å². The molecule has 1 aliphatic rings.